The first-order chi connectivity index (χ1) is 4.72. The average Bonchev–Trinajstić information content (AvgIpc) is 1.98. The van der Waals surface area contributed by atoms with Crippen LogP contribution in [0.2, 0.25) is 0 Å². The predicted molar refractivity (Wildman–Crippen MR) is 38.0 cm³/mol. The minimum absolute atomic E-state index is 0.340. The number of rotatable bonds is 3. The van der Waals surface area contributed by atoms with Gasteiger partial charge in [-0.05, 0) is 26.1 Å². The molecular formula is C7H11F2N. The van der Waals surface area contributed by atoms with E-state index in [1.54, 1.807) is 7.05 Å². The molecule has 0 heterocycles. The zero-order valence-corrected chi connectivity index (χ0v) is 6.12. The number of hydrogen-bond donors (Lipinski definition) is 1. The van der Waals surface area contributed by atoms with Crippen molar-refractivity contribution in [3.8, 4) is 0 Å². The second-order valence-electron chi connectivity index (χ2n) is 1.75. The van der Waals surface area contributed by atoms with E-state index in [-0.39, 0.29) is 0 Å². The highest BCUT2D eigenvalue weighted by atomic mass is 19.2. The van der Waals surface area contributed by atoms with Gasteiger partial charge >= 0.3 is 0 Å². The molecule has 0 aromatic carbocycles. The highest BCUT2D eigenvalue weighted by Crippen LogP contribution is 2.10. The van der Waals surface area contributed by atoms with Gasteiger partial charge < -0.3 is 5.32 Å². The van der Waals surface area contributed by atoms with Gasteiger partial charge in [0, 0.05) is 6.54 Å². The highest BCUT2D eigenvalue weighted by Gasteiger charge is 1.98. The van der Waals surface area contributed by atoms with Crippen molar-refractivity contribution in [2.75, 3.05) is 13.6 Å². The van der Waals surface area contributed by atoms with Crippen molar-refractivity contribution in [3.63, 3.8) is 0 Å². The maximum Gasteiger partial charge on any atom is 0.155 e. The quantitative estimate of drug-likeness (QED) is 0.601. The van der Waals surface area contributed by atoms with Gasteiger partial charge in [-0.3, -0.25) is 0 Å². The fourth-order valence-corrected chi connectivity index (χ4v) is 0.427. The van der Waals surface area contributed by atoms with E-state index in [9.17, 15) is 8.78 Å². The van der Waals surface area contributed by atoms with Crippen LogP contribution in [0.3, 0.4) is 0 Å². The first kappa shape index (κ1) is 9.30. The molecular weight excluding hydrogens is 136 g/mol. The van der Waals surface area contributed by atoms with Crippen LogP contribution in [0, 0.1) is 0 Å². The summed E-state index contributed by atoms with van der Waals surface area (Å²) in [6.07, 6.45) is 2.23. The number of likely N-dealkylation sites (N-methyl/N-ethyl adjacent to an activating group) is 1. The molecule has 0 fully saturated rings. The van der Waals surface area contributed by atoms with Gasteiger partial charge in [0.15, 0.2) is 11.7 Å². The Morgan fingerprint density at radius 3 is 2.40 bits per heavy atom. The molecule has 58 valence electrons. The van der Waals surface area contributed by atoms with Gasteiger partial charge in [-0.2, -0.15) is 0 Å². The summed E-state index contributed by atoms with van der Waals surface area (Å²) in [4.78, 5) is 0. The summed E-state index contributed by atoms with van der Waals surface area (Å²) in [5.41, 5.74) is 0. The van der Waals surface area contributed by atoms with Crippen molar-refractivity contribution in [1.29, 1.82) is 0 Å². The molecule has 0 amide bonds. The van der Waals surface area contributed by atoms with Crippen molar-refractivity contribution in [2.24, 2.45) is 0 Å². The number of allylic oxidation sites excluding steroid dienone is 3. The average molecular weight is 147 g/mol. The topological polar surface area (TPSA) is 12.0 Å². The van der Waals surface area contributed by atoms with Crippen LogP contribution in [0.5, 0.6) is 0 Å². The Hall–Kier alpha value is -0.700. The van der Waals surface area contributed by atoms with Crippen molar-refractivity contribution in [2.45, 2.75) is 6.92 Å². The van der Waals surface area contributed by atoms with E-state index in [4.69, 9.17) is 0 Å². The summed E-state index contributed by atoms with van der Waals surface area (Å²) >= 11 is 0. The van der Waals surface area contributed by atoms with Crippen LogP contribution in [-0.4, -0.2) is 13.6 Å². The molecule has 0 unspecified atom stereocenters. The largest absolute Gasteiger partial charge is 0.316 e. The number of nitrogens with one attached hydrogen (secondary N) is 1. The van der Waals surface area contributed by atoms with E-state index in [1.807, 2.05) is 0 Å². The maximum absolute atomic E-state index is 12.4. The molecule has 0 saturated carbocycles. The third-order valence-electron chi connectivity index (χ3n) is 0.967. The van der Waals surface area contributed by atoms with E-state index in [0.29, 0.717) is 6.54 Å². The lowest BCUT2D eigenvalue weighted by molar-refractivity contribution is 0.540. The van der Waals surface area contributed by atoms with Gasteiger partial charge in [-0.1, -0.05) is 0 Å². The lowest BCUT2D eigenvalue weighted by Gasteiger charge is -1.91. The molecule has 0 saturated heterocycles. The molecule has 0 aliphatic heterocycles. The van der Waals surface area contributed by atoms with Crippen molar-refractivity contribution in [3.05, 3.63) is 23.8 Å². The van der Waals surface area contributed by atoms with E-state index in [0.717, 1.165) is 12.2 Å². The molecule has 1 nitrogen and oxygen atoms in total. The number of halogens is 2. The van der Waals surface area contributed by atoms with E-state index < -0.39 is 11.7 Å². The predicted octanol–water partition coefficient (Wildman–Crippen LogP) is 1.93. The summed E-state index contributed by atoms with van der Waals surface area (Å²) in [6.45, 7) is 1.79. The normalized spacial score (nSPS) is 14.0. The maximum atomic E-state index is 12.4. The Bertz CT molecular complexity index is 150. The summed E-state index contributed by atoms with van der Waals surface area (Å²) in [7, 11) is 1.66. The molecule has 0 aliphatic carbocycles. The SMILES string of the molecule is CC=C(F)C(F)=CCNC. The zero-order valence-electron chi connectivity index (χ0n) is 6.12. The molecule has 3 heteroatoms. The van der Waals surface area contributed by atoms with Crippen LogP contribution in [0.15, 0.2) is 23.8 Å². The molecule has 0 rings (SSSR count). The molecule has 0 aromatic heterocycles. The van der Waals surface area contributed by atoms with Crippen molar-refractivity contribution in [1.82, 2.24) is 5.32 Å². The Kier molecular flexibility index (Phi) is 4.76. The molecule has 0 aromatic rings. The van der Waals surface area contributed by atoms with Crippen LogP contribution in [0.4, 0.5) is 8.78 Å². The second kappa shape index (κ2) is 5.11. The lowest BCUT2D eigenvalue weighted by atomic mass is 10.4. The molecule has 1 N–H and O–H groups in total. The lowest BCUT2D eigenvalue weighted by Crippen LogP contribution is -2.04. The van der Waals surface area contributed by atoms with Crippen LogP contribution >= 0.6 is 0 Å². The van der Waals surface area contributed by atoms with Crippen LogP contribution in [0.25, 0.3) is 0 Å². The fourth-order valence-electron chi connectivity index (χ4n) is 0.427. The van der Waals surface area contributed by atoms with Gasteiger partial charge in [0.05, 0.1) is 0 Å². The summed E-state index contributed by atoms with van der Waals surface area (Å²) < 4.78 is 24.6. The highest BCUT2D eigenvalue weighted by molar-refractivity contribution is 5.17. The van der Waals surface area contributed by atoms with Gasteiger partial charge in [0.25, 0.3) is 0 Å². The first-order valence-corrected chi connectivity index (χ1v) is 3.04. The Morgan fingerprint density at radius 2 is 2.00 bits per heavy atom. The summed E-state index contributed by atoms with van der Waals surface area (Å²) in [5, 5.41) is 2.67. The molecule has 0 spiro atoms. The summed E-state index contributed by atoms with van der Waals surface area (Å²) in [6, 6.07) is 0. The standard InChI is InChI=1S/C7H11F2N/c1-3-6(8)7(9)4-5-10-2/h3-4,10H,5H2,1-2H3. The third-order valence-corrected chi connectivity index (χ3v) is 0.967. The Labute approximate surface area is 59.4 Å². The van der Waals surface area contributed by atoms with Gasteiger partial charge in [-0.25, -0.2) is 8.78 Å². The molecule has 0 atom stereocenters. The Morgan fingerprint density at radius 1 is 1.40 bits per heavy atom. The minimum atomic E-state index is -0.810. The van der Waals surface area contributed by atoms with Crippen molar-refractivity contribution < 1.29 is 8.78 Å². The molecule has 10 heavy (non-hydrogen) atoms. The molecule has 0 aliphatic rings. The van der Waals surface area contributed by atoms with Gasteiger partial charge in [-0.15, -0.1) is 0 Å². The van der Waals surface area contributed by atoms with Gasteiger partial charge in [0.1, 0.15) is 0 Å². The number of hydrogen-bond acceptors (Lipinski definition) is 1. The third kappa shape index (κ3) is 3.35. The van der Waals surface area contributed by atoms with E-state index >= 15 is 0 Å². The van der Waals surface area contributed by atoms with Gasteiger partial charge in [0.2, 0.25) is 0 Å². The van der Waals surface area contributed by atoms with E-state index in [1.165, 1.54) is 6.92 Å². The molecule has 0 radical (unpaired) electrons. The first-order valence-electron chi connectivity index (χ1n) is 3.04. The zero-order chi connectivity index (χ0) is 7.98. The smallest absolute Gasteiger partial charge is 0.155 e. The van der Waals surface area contributed by atoms with Crippen molar-refractivity contribution >= 4 is 0 Å². The van der Waals surface area contributed by atoms with Crippen LogP contribution in [0.1, 0.15) is 6.92 Å². The fraction of sp³-hybridized carbons (Fsp3) is 0.429. The minimum Gasteiger partial charge on any atom is -0.316 e. The Balaban J connectivity index is 3.93. The second-order valence-corrected chi connectivity index (χ2v) is 1.75. The monoisotopic (exact) mass is 147 g/mol. The van der Waals surface area contributed by atoms with E-state index in [2.05, 4.69) is 5.32 Å². The van der Waals surface area contributed by atoms with Crippen LogP contribution in [-0.2, 0) is 0 Å². The van der Waals surface area contributed by atoms with Crippen LogP contribution < -0.4 is 5.32 Å². The molecule has 0 bridgehead atoms. The summed E-state index contributed by atoms with van der Waals surface area (Å²) in [5.74, 6) is -1.62.